The molecule has 0 saturated carbocycles. The fourth-order valence-electron chi connectivity index (χ4n) is 2.94. The molecule has 3 rings (SSSR count). The number of aryl methyl sites for hydroxylation is 1. The Kier molecular flexibility index (Phi) is 3.90. The van der Waals surface area contributed by atoms with Gasteiger partial charge in [-0.1, -0.05) is 29.8 Å². The van der Waals surface area contributed by atoms with Gasteiger partial charge < -0.3 is 9.67 Å². The molecule has 1 N–H and O–H groups in total. The normalized spacial score (nSPS) is 11.3. The highest BCUT2D eigenvalue weighted by Crippen LogP contribution is 2.29. The zero-order valence-corrected chi connectivity index (χ0v) is 13.6. The smallest absolute Gasteiger partial charge is 0.307 e. The number of carboxylic acids is 1. The lowest BCUT2D eigenvalue weighted by Gasteiger charge is -2.13. The molecule has 4 nitrogen and oxygen atoms in total. The summed E-state index contributed by atoms with van der Waals surface area (Å²) in [4.78, 5) is 15.7. The molecule has 0 amide bonds. The Morgan fingerprint density at radius 3 is 2.65 bits per heavy atom. The number of carboxylic acid groups (broad SMARTS) is 1. The molecule has 1 aromatic heterocycles. The van der Waals surface area contributed by atoms with E-state index >= 15 is 0 Å². The van der Waals surface area contributed by atoms with Gasteiger partial charge in [0.05, 0.1) is 17.5 Å². The van der Waals surface area contributed by atoms with Gasteiger partial charge in [0.25, 0.3) is 0 Å². The second-order valence-electron chi connectivity index (χ2n) is 6.16. The van der Waals surface area contributed by atoms with Crippen LogP contribution < -0.4 is 0 Å². The molecule has 0 saturated heterocycles. The molecule has 4 heteroatoms. The molecule has 0 unspecified atom stereocenters. The minimum Gasteiger partial charge on any atom is -0.481 e. The highest BCUT2D eigenvalue weighted by molar-refractivity contribution is 5.83. The predicted octanol–water partition coefficient (Wildman–Crippen LogP) is 4.22. The molecule has 0 fully saturated rings. The molecule has 0 aliphatic rings. The zero-order chi connectivity index (χ0) is 16.6. The fraction of sp³-hybridized carbons (Fsp3) is 0.263. The van der Waals surface area contributed by atoms with Gasteiger partial charge in [0.2, 0.25) is 0 Å². The Hall–Kier alpha value is -2.62. The van der Waals surface area contributed by atoms with E-state index in [2.05, 4.69) is 43.5 Å². The Morgan fingerprint density at radius 1 is 1.22 bits per heavy atom. The van der Waals surface area contributed by atoms with Crippen LogP contribution in [0.15, 0.2) is 42.5 Å². The lowest BCUT2D eigenvalue weighted by Crippen LogP contribution is -2.03. The van der Waals surface area contributed by atoms with Gasteiger partial charge in [-0.2, -0.15) is 0 Å². The topological polar surface area (TPSA) is 55.1 Å². The van der Waals surface area contributed by atoms with Gasteiger partial charge in [-0.25, -0.2) is 4.98 Å². The van der Waals surface area contributed by atoms with Crippen LogP contribution in [0.3, 0.4) is 0 Å². The van der Waals surface area contributed by atoms with E-state index < -0.39 is 5.97 Å². The average molecular weight is 308 g/mol. The number of nitrogens with zero attached hydrogens (tertiary/aromatic N) is 2. The number of fused-ring (bicyclic) bond motifs is 1. The number of carbonyl (C=O) groups is 1. The van der Waals surface area contributed by atoms with Crippen molar-refractivity contribution in [2.45, 2.75) is 33.2 Å². The molecule has 0 radical (unpaired) electrons. The van der Waals surface area contributed by atoms with Crippen molar-refractivity contribution in [2.75, 3.05) is 0 Å². The summed E-state index contributed by atoms with van der Waals surface area (Å²) in [5, 5.41) is 8.97. The molecule has 0 aliphatic carbocycles. The van der Waals surface area contributed by atoms with E-state index in [-0.39, 0.29) is 12.5 Å². The third kappa shape index (κ3) is 2.97. The summed E-state index contributed by atoms with van der Waals surface area (Å²) in [6.45, 7) is 6.33. The van der Waals surface area contributed by atoms with Crippen molar-refractivity contribution in [1.82, 2.24) is 9.55 Å². The van der Waals surface area contributed by atoms with Gasteiger partial charge in [-0.05, 0) is 44.5 Å². The van der Waals surface area contributed by atoms with Gasteiger partial charge >= 0.3 is 5.97 Å². The quantitative estimate of drug-likeness (QED) is 0.785. The first-order chi connectivity index (χ1) is 11.0. The number of aliphatic carboxylic acids is 1. The van der Waals surface area contributed by atoms with Crippen LogP contribution in [0, 0.1) is 6.92 Å². The van der Waals surface area contributed by atoms with Crippen LogP contribution in [-0.4, -0.2) is 20.6 Å². The first-order valence-electron chi connectivity index (χ1n) is 7.75. The van der Waals surface area contributed by atoms with E-state index in [4.69, 9.17) is 10.1 Å². The summed E-state index contributed by atoms with van der Waals surface area (Å²) >= 11 is 0. The Morgan fingerprint density at radius 2 is 2.00 bits per heavy atom. The van der Waals surface area contributed by atoms with E-state index in [0.29, 0.717) is 0 Å². The van der Waals surface area contributed by atoms with Crippen molar-refractivity contribution in [3.05, 3.63) is 53.6 Å². The monoisotopic (exact) mass is 308 g/mol. The van der Waals surface area contributed by atoms with E-state index in [1.54, 1.807) is 0 Å². The summed E-state index contributed by atoms with van der Waals surface area (Å²) in [6, 6.07) is 14.3. The molecule has 0 atom stereocenters. The van der Waals surface area contributed by atoms with Crippen molar-refractivity contribution >= 4 is 17.0 Å². The van der Waals surface area contributed by atoms with Crippen LogP contribution in [0.2, 0.25) is 0 Å². The van der Waals surface area contributed by atoms with Gasteiger partial charge in [0.1, 0.15) is 5.82 Å². The number of aromatic nitrogens is 2. The van der Waals surface area contributed by atoms with Crippen molar-refractivity contribution in [3.8, 4) is 11.4 Å². The minimum atomic E-state index is -0.827. The fourth-order valence-corrected chi connectivity index (χ4v) is 2.94. The van der Waals surface area contributed by atoms with Crippen LogP contribution in [0.4, 0.5) is 0 Å². The van der Waals surface area contributed by atoms with E-state index in [1.165, 1.54) is 5.56 Å². The Bertz CT molecular complexity index is 878. The number of hydrogen-bond donors (Lipinski definition) is 1. The van der Waals surface area contributed by atoms with Crippen molar-refractivity contribution < 1.29 is 9.90 Å². The third-order valence-electron chi connectivity index (χ3n) is 3.90. The number of benzene rings is 2. The maximum atomic E-state index is 10.9. The van der Waals surface area contributed by atoms with Gasteiger partial charge in [-0.3, -0.25) is 4.79 Å². The molecule has 1 heterocycles. The number of imidazole rings is 1. The highest BCUT2D eigenvalue weighted by Gasteiger charge is 2.15. The third-order valence-corrected chi connectivity index (χ3v) is 3.90. The second-order valence-corrected chi connectivity index (χ2v) is 6.16. The van der Waals surface area contributed by atoms with E-state index in [1.807, 2.05) is 24.3 Å². The van der Waals surface area contributed by atoms with Crippen LogP contribution in [-0.2, 0) is 11.2 Å². The summed E-state index contributed by atoms with van der Waals surface area (Å²) in [7, 11) is 0. The van der Waals surface area contributed by atoms with Gasteiger partial charge in [0.15, 0.2) is 0 Å². The molecule has 3 aromatic rings. The standard InChI is InChI=1S/C19H20N2O2/c1-12(2)21-17-8-7-14(11-18(22)23)10-16(17)20-19(21)15-6-4-5-13(3)9-15/h4-10,12H,11H2,1-3H3,(H,22,23). The summed E-state index contributed by atoms with van der Waals surface area (Å²) < 4.78 is 2.20. The summed E-state index contributed by atoms with van der Waals surface area (Å²) in [6.07, 6.45) is 0.0181. The molecule has 23 heavy (non-hydrogen) atoms. The maximum absolute atomic E-state index is 10.9. The molecule has 0 spiro atoms. The number of hydrogen-bond acceptors (Lipinski definition) is 2. The van der Waals surface area contributed by atoms with Crippen molar-refractivity contribution in [3.63, 3.8) is 0 Å². The minimum absolute atomic E-state index is 0.0181. The lowest BCUT2D eigenvalue weighted by molar-refractivity contribution is -0.136. The SMILES string of the molecule is Cc1cccc(-c2nc3cc(CC(=O)O)ccc3n2C(C)C)c1. The summed E-state index contributed by atoms with van der Waals surface area (Å²) in [5.41, 5.74) is 4.92. The Balaban J connectivity index is 2.20. The first kappa shape index (κ1) is 15.3. The van der Waals surface area contributed by atoms with Crippen LogP contribution in [0.5, 0.6) is 0 Å². The van der Waals surface area contributed by atoms with Crippen LogP contribution >= 0.6 is 0 Å². The molecule has 118 valence electrons. The van der Waals surface area contributed by atoms with E-state index in [9.17, 15) is 4.79 Å². The summed E-state index contributed by atoms with van der Waals surface area (Å²) in [5.74, 6) is 0.0951. The largest absolute Gasteiger partial charge is 0.481 e. The number of rotatable bonds is 4. The van der Waals surface area contributed by atoms with Crippen LogP contribution in [0.1, 0.15) is 31.0 Å². The lowest BCUT2D eigenvalue weighted by atomic mass is 10.1. The highest BCUT2D eigenvalue weighted by atomic mass is 16.4. The van der Waals surface area contributed by atoms with Crippen LogP contribution in [0.25, 0.3) is 22.4 Å². The first-order valence-corrected chi connectivity index (χ1v) is 7.75. The Labute approximate surface area is 135 Å². The molecule has 0 aliphatic heterocycles. The van der Waals surface area contributed by atoms with Crippen molar-refractivity contribution in [1.29, 1.82) is 0 Å². The van der Waals surface area contributed by atoms with Gasteiger partial charge in [-0.15, -0.1) is 0 Å². The molecular weight excluding hydrogens is 288 g/mol. The van der Waals surface area contributed by atoms with Gasteiger partial charge in [0, 0.05) is 11.6 Å². The molecule has 0 bridgehead atoms. The average Bonchev–Trinajstić information content (AvgIpc) is 2.85. The second kappa shape index (κ2) is 5.88. The van der Waals surface area contributed by atoms with E-state index in [0.717, 1.165) is 28.0 Å². The molecular formula is C19H20N2O2. The maximum Gasteiger partial charge on any atom is 0.307 e. The van der Waals surface area contributed by atoms with Crippen molar-refractivity contribution in [2.24, 2.45) is 0 Å². The predicted molar refractivity (Wildman–Crippen MR) is 91.6 cm³/mol. The molecule has 2 aromatic carbocycles. The zero-order valence-electron chi connectivity index (χ0n) is 13.6.